The molecule has 0 spiro atoms. The molecule has 0 aliphatic carbocycles. The largest absolute Gasteiger partial charge is 0.358 e. The highest BCUT2D eigenvalue weighted by atomic mass is 16.5. The number of ether oxygens (including phenoxy) is 1. The van der Waals surface area contributed by atoms with Gasteiger partial charge in [-0.05, 0) is 24.6 Å². The van der Waals surface area contributed by atoms with Gasteiger partial charge in [-0.15, -0.1) is 0 Å². The molecule has 84 valence electrons. The molecule has 1 aliphatic rings. The molecule has 0 saturated heterocycles. The average Bonchev–Trinajstić information content (AvgIpc) is 2.39. The fourth-order valence-electron chi connectivity index (χ4n) is 1.83. The molecule has 3 heteroatoms. The summed E-state index contributed by atoms with van der Waals surface area (Å²) in [7, 11) is 1.62. The third-order valence-corrected chi connectivity index (χ3v) is 2.67. The molecule has 1 unspecified atom stereocenters. The Kier molecular flexibility index (Phi) is 3.37. The van der Waals surface area contributed by atoms with Gasteiger partial charge in [0.1, 0.15) is 0 Å². The fourth-order valence-corrected chi connectivity index (χ4v) is 1.83. The zero-order valence-electron chi connectivity index (χ0n) is 9.30. The van der Waals surface area contributed by atoms with Crippen molar-refractivity contribution in [3.8, 4) is 0 Å². The molecule has 2 rings (SSSR count). The van der Waals surface area contributed by atoms with Crippen molar-refractivity contribution in [3.63, 3.8) is 0 Å². The summed E-state index contributed by atoms with van der Waals surface area (Å²) in [5, 5.41) is 0. The highest BCUT2D eigenvalue weighted by molar-refractivity contribution is 5.94. The Morgan fingerprint density at radius 1 is 1.38 bits per heavy atom. The second-order valence-electron chi connectivity index (χ2n) is 3.71. The van der Waals surface area contributed by atoms with Gasteiger partial charge in [-0.1, -0.05) is 24.3 Å². The minimum absolute atomic E-state index is 0.0248. The Bertz CT molecular complexity index is 386. The van der Waals surface area contributed by atoms with Crippen molar-refractivity contribution in [2.75, 3.05) is 13.7 Å². The summed E-state index contributed by atoms with van der Waals surface area (Å²) in [5.74, 6) is 0.0248. The zero-order valence-corrected chi connectivity index (χ0v) is 9.30. The number of hydrogen-bond donors (Lipinski definition) is 0. The third-order valence-electron chi connectivity index (χ3n) is 2.67. The van der Waals surface area contributed by atoms with Crippen LogP contribution in [-0.4, -0.2) is 30.7 Å². The van der Waals surface area contributed by atoms with Crippen LogP contribution in [0.4, 0.5) is 0 Å². The van der Waals surface area contributed by atoms with Crippen LogP contribution >= 0.6 is 0 Å². The van der Waals surface area contributed by atoms with E-state index in [4.69, 9.17) is 4.74 Å². The fraction of sp³-hybridized carbons (Fsp3) is 0.308. The molecule has 0 radical (unpaired) electrons. The molecule has 0 bridgehead atoms. The van der Waals surface area contributed by atoms with Crippen LogP contribution in [-0.2, 0) is 4.74 Å². The molecule has 0 saturated carbocycles. The van der Waals surface area contributed by atoms with E-state index in [1.54, 1.807) is 12.0 Å². The molecule has 0 N–H and O–H groups in total. The Balaban J connectivity index is 2.18. The van der Waals surface area contributed by atoms with Gasteiger partial charge < -0.3 is 9.64 Å². The second kappa shape index (κ2) is 4.94. The van der Waals surface area contributed by atoms with Crippen molar-refractivity contribution in [1.82, 2.24) is 4.90 Å². The van der Waals surface area contributed by atoms with Crippen molar-refractivity contribution >= 4 is 5.91 Å². The molecule has 16 heavy (non-hydrogen) atoms. The molecule has 0 aromatic heterocycles. The van der Waals surface area contributed by atoms with E-state index in [0.717, 1.165) is 6.42 Å². The van der Waals surface area contributed by atoms with Gasteiger partial charge in [0.15, 0.2) is 6.23 Å². The zero-order chi connectivity index (χ0) is 11.4. The summed E-state index contributed by atoms with van der Waals surface area (Å²) in [6.07, 6.45) is 4.62. The lowest BCUT2D eigenvalue weighted by atomic mass is 10.1. The van der Waals surface area contributed by atoms with Crippen LogP contribution in [0.1, 0.15) is 16.8 Å². The minimum Gasteiger partial charge on any atom is -0.358 e. The maximum Gasteiger partial charge on any atom is 0.256 e. The van der Waals surface area contributed by atoms with Gasteiger partial charge in [-0.2, -0.15) is 0 Å². The van der Waals surface area contributed by atoms with Crippen LogP contribution in [0.5, 0.6) is 0 Å². The van der Waals surface area contributed by atoms with Gasteiger partial charge in [0, 0.05) is 19.2 Å². The maximum atomic E-state index is 12.2. The summed E-state index contributed by atoms with van der Waals surface area (Å²) >= 11 is 0. The molecule has 3 nitrogen and oxygen atoms in total. The quantitative estimate of drug-likeness (QED) is 0.710. The Labute approximate surface area is 95.3 Å². The molecule has 1 aliphatic heterocycles. The van der Waals surface area contributed by atoms with E-state index < -0.39 is 0 Å². The van der Waals surface area contributed by atoms with Gasteiger partial charge >= 0.3 is 0 Å². The first kappa shape index (κ1) is 10.9. The SMILES string of the molecule is COC1C=CCCN1C(=O)c1ccccc1. The van der Waals surface area contributed by atoms with Crippen LogP contribution in [0.15, 0.2) is 42.5 Å². The Hall–Kier alpha value is -1.61. The number of benzene rings is 1. The summed E-state index contributed by atoms with van der Waals surface area (Å²) in [4.78, 5) is 13.9. The predicted molar refractivity (Wildman–Crippen MR) is 62.0 cm³/mol. The van der Waals surface area contributed by atoms with Crippen LogP contribution in [0.2, 0.25) is 0 Å². The summed E-state index contributed by atoms with van der Waals surface area (Å²) in [6.45, 7) is 0.711. The lowest BCUT2D eigenvalue weighted by Crippen LogP contribution is -2.42. The number of amides is 1. The number of methoxy groups -OCH3 is 1. The average molecular weight is 217 g/mol. The first-order chi connectivity index (χ1) is 7.83. The van der Waals surface area contributed by atoms with Crippen molar-refractivity contribution in [3.05, 3.63) is 48.0 Å². The lowest BCUT2D eigenvalue weighted by Gasteiger charge is -2.31. The first-order valence-corrected chi connectivity index (χ1v) is 5.38. The Morgan fingerprint density at radius 3 is 2.81 bits per heavy atom. The second-order valence-corrected chi connectivity index (χ2v) is 3.71. The summed E-state index contributed by atoms with van der Waals surface area (Å²) in [5.41, 5.74) is 0.708. The van der Waals surface area contributed by atoms with Gasteiger partial charge in [0.25, 0.3) is 5.91 Å². The van der Waals surface area contributed by atoms with Crippen molar-refractivity contribution in [1.29, 1.82) is 0 Å². The van der Waals surface area contributed by atoms with E-state index in [1.807, 2.05) is 42.5 Å². The molecule has 1 heterocycles. The number of nitrogens with zero attached hydrogens (tertiary/aromatic N) is 1. The van der Waals surface area contributed by atoms with Crippen LogP contribution in [0, 0.1) is 0 Å². The van der Waals surface area contributed by atoms with Crippen LogP contribution < -0.4 is 0 Å². The molecule has 1 amide bonds. The van der Waals surface area contributed by atoms with Crippen molar-refractivity contribution in [2.45, 2.75) is 12.6 Å². The van der Waals surface area contributed by atoms with Crippen LogP contribution in [0.25, 0.3) is 0 Å². The van der Waals surface area contributed by atoms with E-state index in [-0.39, 0.29) is 12.1 Å². The molecule has 0 fully saturated rings. The number of hydrogen-bond acceptors (Lipinski definition) is 2. The molecule has 1 aromatic rings. The lowest BCUT2D eigenvalue weighted by molar-refractivity contribution is 0.00330. The third kappa shape index (κ3) is 2.14. The van der Waals surface area contributed by atoms with E-state index in [2.05, 4.69) is 0 Å². The molecule has 1 atom stereocenters. The molecule has 1 aromatic carbocycles. The normalized spacial score (nSPS) is 19.8. The van der Waals surface area contributed by atoms with E-state index in [0.29, 0.717) is 12.1 Å². The van der Waals surface area contributed by atoms with E-state index >= 15 is 0 Å². The monoisotopic (exact) mass is 217 g/mol. The highest BCUT2D eigenvalue weighted by Crippen LogP contribution is 2.14. The Morgan fingerprint density at radius 2 is 2.12 bits per heavy atom. The topological polar surface area (TPSA) is 29.5 Å². The number of carbonyl (C=O) groups is 1. The smallest absolute Gasteiger partial charge is 0.256 e. The van der Waals surface area contributed by atoms with Crippen molar-refractivity contribution < 1.29 is 9.53 Å². The van der Waals surface area contributed by atoms with Crippen LogP contribution in [0.3, 0.4) is 0 Å². The summed E-state index contributed by atoms with van der Waals surface area (Å²) in [6, 6.07) is 9.30. The van der Waals surface area contributed by atoms with Gasteiger partial charge in [-0.25, -0.2) is 0 Å². The van der Waals surface area contributed by atoms with Gasteiger partial charge in [-0.3, -0.25) is 4.79 Å². The van der Waals surface area contributed by atoms with E-state index in [9.17, 15) is 4.79 Å². The summed E-state index contributed by atoms with van der Waals surface area (Å²) < 4.78 is 5.26. The molecular formula is C13H15NO2. The van der Waals surface area contributed by atoms with Crippen molar-refractivity contribution in [2.24, 2.45) is 0 Å². The number of carbonyl (C=O) groups excluding carboxylic acids is 1. The highest BCUT2D eigenvalue weighted by Gasteiger charge is 2.23. The first-order valence-electron chi connectivity index (χ1n) is 5.38. The predicted octanol–water partition coefficient (Wildman–Crippen LogP) is 2.06. The van der Waals surface area contributed by atoms with E-state index in [1.165, 1.54) is 0 Å². The minimum atomic E-state index is -0.235. The standard InChI is InChI=1S/C13H15NO2/c1-16-12-9-5-6-10-14(12)13(15)11-7-3-2-4-8-11/h2-5,7-9,12H,6,10H2,1H3. The van der Waals surface area contributed by atoms with Gasteiger partial charge in [0.05, 0.1) is 0 Å². The number of rotatable bonds is 2. The maximum absolute atomic E-state index is 12.2. The van der Waals surface area contributed by atoms with Gasteiger partial charge in [0.2, 0.25) is 0 Å². The molecular weight excluding hydrogens is 202 g/mol.